The third-order valence-corrected chi connectivity index (χ3v) is 5.08. The second-order valence-electron chi connectivity index (χ2n) is 6.59. The van der Waals surface area contributed by atoms with Gasteiger partial charge in [-0.1, -0.05) is 26.2 Å². The highest BCUT2D eigenvalue weighted by Crippen LogP contribution is 2.23. The third-order valence-electron chi connectivity index (χ3n) is 5.08. The van der Waals surface area contributed by atoms with Gasteiger partial charge in [-0.3, -0.25) is 9.69 Å². The molecule has 1 amide bonds. The van der Waals surface area contributed by atoms with Gasteiger partial charge in [0.1, 0.15) is 0 Å². The molecular formula is C17H33N3O. The van der Waals surface area contributed by atoms with E-state index in [0.717, 1.165) is 32.6 Å². The van der Waals surface area contributed by atoms with E-state index in [1.165, 1.54) is 38.5 Å². The standard InChI is InChI=1S/C17H33N3O/c1-3-12-19(16-10-11-18-13-16)14-17(21)20(4-2)15-8-6-5-7-9-15/h15-16,18H,3-14H2,1-2H3. The quantitative estimate of drug-likeness (QED) is 0.782. The van der Waals surface area contributed by atoms with Crippen molar-refractivity contribution in [3.63, 3.8) is 0 Å². The second kappa shape index (κ2) is 8.74. The molecule has 1 heterocycles. The lowest BCUT2D eigenvalue weighted by molar-refractivity contribution is -0.135. The summed E-state index contributed by atoms with van der Waals surface area (Å²) < 4.78 is 0. The first kappa shape index (κ1) is 16.8. The molecule has 0 bridgehead atoms. The number of nitrogens with zero attached hydrogens (tertiary/aromatic N) is 2. The van der Waals surface area contributed by atoms with E-state index >= 15 is 0 Å². The topological polar surface area (TPSA) is 35.6 Å². The molecule has 2 fully saturated rings. The molecule has 1 aliphatic heterocycles. The maximum absolute atomic E-state index is 12.8. The zero-order valence-electron chi connectivity index (χ0n) is 13.9. The SMILES string of the molecule is CCCN(CC(=O)N(CC)C1CCCCC1)C1CCNC1. The normalized spacial score (nSPS) is 23.7. The first-order valence-corrected chi connectivity index (χ1v) is 9.00. The lowest BCUT2D eigenvalue weighted by Crippen LogP contribution is -2.49. The van der Waals surface area contributed by atoms with Gasteiger partial charge in [0.05, 0.1) is 6.54 Å². The number of hydrogen-bond donors (Lipinski definition) is 1. The zero-order chi connectivity index (χ0) is 15.1. The predicted molar refractivity (Wildman–Crippen MR) is 87.4 cm³/mol. The van der Waals surface area contributed by atoms with Gasteiger partial charge in [0, 0.05) is 25.2 Å². The lowest BCUT2D eigenvalue weighted by Gasteiger charge is -2.36. The molecule has 2 rings (SSSR count). The van der Waals surface area contributed by atoms with Crippen molar-refractivity contribution in [1.29, 1.82) is 0 Å². The van der Waals surface area contributed by atoms with E-state index in [1.54, 1.807) is 0 Å². The summed E-state index contributed by atoms with van der Waals surface area (Å²) >= 11 is 0. The van der Waals surface area contributed by atoms with Crippen molar-refractivity contribution in [3.8, 4) is 0 Å². The van der Waals surface area contributed by atoms with Gasteiger partial charge in [-0.2, -0.15) is 0 Å². The minimum atomic E-state index is 0.352. The van der Waals surface area contributed by atoms with Crippen LogP contribution in [0.15, 0.2) is 0 Å². The number of amides is 1. The van der Waals surface area contributed by atoms with Crippen molar-refractivity contribution in [2.24, 2.45) is 0 Å². The van der Waals surface area contributed by atoms with E-state index in [9.17, 15) is 4.79 Å². The van der Waals surface area contributed by atoms with Crippen LogP contribution in [0.2, 0.25) is 0 Å². The van der Waals surface area contributed by atoms with Gasteiger partial charge < -0.3 is 10.2 Å². The van der Waals surface area contributed by atoms with Crippen LogP contribution in [0.1, 0.15) is 58.8 Å². The van der Waals surface area contributed by atoms with Crippen LogP contribution in [0.4, 0.5) is 0 Å². The average molecular weight is 295 g/mol. The van der Waals surface area contributed by atoms with Gasteiger partial charge in [0.25, 0.3) is 0 Å². The summed E-state index contributed by atoms with van der Waals surface area (Å²) in [7, 11) is 0. The fourth-order valence-corrected chi connectivity index (χ4v) is 3.92. The number of rotatable bonds is 7. The van der Waals surface area contributed by atoms with Gasteiger partial charge >= 0.3 is 0 Å². The van der Waals surface area contributed by atoms with Crippen LogP contribution in [-0.4, -0.2) is 60.5 Å². The van der Waals surface area contributed by atoms with E-state index in [1.807, 2.05) is 0 Å². The monoisotopic (exact) mass is 295 g/mol. The Hall–Kier alpha value is -0.610. The second-order valence-corrected chi connectivity index (χ2v) is 6.59. The van der Waals surface area contributed by atoms with E-state index in [2.05, 4.69) is 29.0 Å². The van der Waals surface area contributed by atoms with E-state index in [4.69, 9.17) is 0 Å². The molecule has 1 aliphatic carbocycles. The van der Waals surface area contributed by atoms with Crippen LogP contribution < -0.4 is 5.32 Å². The van der Waals surface area contributed by atoms with Gasteiger partial charge in [-0.05, 0) is 45.7 Å². The van der Waals surface area contributed by atoms with Crippen molar-refractivity contribution in [3.05, 3.63) is 0 Å². The van der Waals surface area contributed by atoms with Crippen molar-refractivity contribution >= 4 is 5.91 Å². The first-order valence-electron chi connectivity index (χ1n) is 9.00. The van der Waals surface area contributed by atoms with Crippen LogP contribution in [0, 0.1) is 0 Å². The molecule has 0 aromatic rings. The largest absolute Gasteiger partial charge is 0.339 e. The molecule has 2 aliphatic rings. The molecule has 0 aromatic carbocycles. The van der Waals surface area contributed by atoms with Crippen molar-refractivity contribution in [2.75, 3.05) is 32.7 Å². The molecule has 4 nitrogen and oxygen atoms in total. The summed E-state index contributed by atoms with van der Waals surface area (Å²) in [4.78, 5) is 17.3. The molecule has 1 unspecified atom stereocenters. The van der Waals surface area contributed by atoms with E-state index < -0.39 is 0 Å². The fourth-order valence-electron chi connectivity index (χ4n) is 3.92. The molecule has 1 N–H and O–H groups in total. The summed E-state index contributed by atoms with van der Waals surface area (Å²) in [6.07, 6.45) is 8.65. The highest BCUT2D eigenvalue weighted by atomic mass is 16.2. The maximum atomic E-state index is 12.8. The fraction of sp³-hybridized carbons (Fsp3) is 0.941. The summed E-state index contributed by atoms with van der Waals surface area (Å²) in [5, 5.41) is 3.42. The lowest BCUT2D eigenvalue weighted by atomic mass is 9.94. The Morgan fingerprint density at radius 2 is 1.86 bits per heavy atom. The average Bonchev–Trinajstić information content (AvgIpc) is 3.03. The van der Waals surface area contributed by atoms with E-state index in [-0.39, 0.29) is 0 Å². The number of nitrogens with one attached hydrogen (secondary N) is 1. The van der Waals surface area contributed by atoms with Crippen LogP contribution in [0.3, 0.4) is 0 Å². The number of hydrogen-bond acceptors (Lipinski definition) is 3. The molecule has 21 heavy (non-hydrogen) atoms. The molecule has 0 aromatic heterocycles. The molecule has 122 valence electrons. The highest BCUT2D eigenvalue weighted by molar-refractivity contribution is 5.78. The number of likely N-dealkylation sites (N-methyl/N-ethyl adjacent to an activating group) is 1. The Labute approximate surface area is 130 Å². The van der Waals surface area contributed by atoms with Crippen molar-refractivity contribution in [2.45, 2.75) is 70.9 Å². The number of carbonyl (C=O) groups excluding carboxylic acids is 1. The molecule has 1 saturated heterocycles. The third kappa shape index (κ3) is 4.68. The van der Waals surface area contributed by atoms with Gasteiger partial charge in [0.2, 0.25) is 5.91 Å². The van der Waals surface area contributed by atoms with E-state index in [0.29, 0.717) is 24.5 Å². The molecular weight excluding hydrogens is 262 g/mol. The Kier molecular flexibility index (Phi) is 6.97. The summed E-state index contributed by atoms with van der Waals surface area (Å²) in [6.45, 7) is 9.01. The first-order chi connectivity index (χ1) is 10.3. The van der Waals surface area contributed by atoms with Gasteiger partial charge in [-0.15, -0.1) is 0 Å². The van der Waals surface area contributed by atoms with Crippen LogP contribution in [-0.2, 0) is 4.79 Å². The maximum Gasteiger partial charge on any atom is 0.236 e. The molecule has 1 atom stereocenters. The minimum Gasteiger partial charge on any atom is -0.339 e. The Bertz CT molecular complexity index is 309. The Balaban J connectivity index is 1.91. The Morgan fingerprint density at radius 3 is 2.43 bits per heavy atom. The Morgan fingerprint density at radius 1 is 1.10 bits per heavy atom. The zero-order valence-corrected chi connectivity index (χ0v) is 13.9. The predicted octanol–water partition coefficient (Wildman–Crippen LogP) is 2.24. The molecule has 0 radical (unpaired) electrons. The highest BCUT2D eigenvalue weighted by Gasteiger charge is 2.28. The van der Waals surface area contributed by atoms with Crippen molar-refractivity contribution in [1.82, 2.24) is 15.1 Å². The van der Waals surface area contributed by atoms with Gasteiger partial charge in [-0.25, -0.2) is 0 Å². The molecule has 4 heteroatoms. The van der Waals surface area contributed by atoms with Crippen LogP contribution >= 0.6 is 0 Å². The number of carbonyl (C=O) groups is 1. The van der Waals surface area contributed by atoms with Crippen molar-refractivity contribution < 1.29 is 4.79 Å². The van der Waals surface area contributed by atoms with Crippen LogP contribution in [0.25, 0.3) is 0 Å². The minimum absolute atomic E-state index is 0.352. The molecule has 0 spiro atoms. The molecule has 1 saturated carbocycles. The summed E-state index contributed by atoms with van der Waals surface area (Å²) in [5.41, 5.74) is 0. The smallest absolute Gasteiger partial charge is 0.236 e. The summed E-state index contributed by atoms with van der Waals surface area (Å²) in [5.74, 6) is 0.352. The van der Waals surface area contributed by atoms with Gasteiger partial charge in [0.15, 0.2) is 0 Å². The summed E-state index contributed by atoms with van der Waals surface area (Å²) in [6, 6.07) is 1.06. The van der Waals surface area contributed by atoms with Crippen LogP contribution in [0.5, 0.6) is 0 Å².